The first-order chi connectivity index (χ1) is 7.86. The van der Waals surface area contributed by atoms with E-state index in [2.05, 4.69) is 10.2 Å². The number of hydroxylamine groups is 1. The fourth-order valence-corrected chi connectivity index (χ4v) is 1.02. The van der Waals surface area contributed by atoms with E-state index in [1.807, 2.05) is 24.3 Å². The van der Waals surface area contributed by atoms with Crippen LogP contribution < -0.4 is 10.2 Å². The predicted molar refractivity (Wildman–Crippen MR) is 57.1 cm³/mol. The van der Waals surface area contributed by atoms with E-state index in [4.69, 9.17) is 9.57 Å². The fourth-order valence-electron chi connectivity index (χ4n) is 1.02. The molecule has 0 saturated carbocycles. The van der Waals surface area contributed by atoms with Gasteiger partial charge in [-0.25, -0.2) is 4.79 Å². The van der Waals surface area contributed by atoms with Gasteiger partial charge >= 0.3 is 0 Å². The minimum Gasteiger partial charge on any atom is -0.497 e. The van der Waals surface area contributed by atoms with Crippen molar-refractivity contribution in [2.75, 3.05) is 13.9 Å². The van der Waals surface area contributed by atoms with E-state index in [0.29, 0.717) is 6.54 Å². The smallest absolute Gasteiger partial charge is 0.207 e. The topological polar surface area (TPSA) is 56.8 Å². The van der Waals surface area contributed by atoms with Crippen LogP contribution in [0.15, 0.2) is 30.5 Å². The Morgan fingerprint density at radius 2 is 2.12 bits per heavy atom. The van der Waals surface area contributed by atoms with E-state index in [0.717, 1.165) is 17.6 Å². The maximum absolute atomic E-state index is 9.73. The predicted octanol–water partition coefficient (Wildman–Crippen LogP) is 1.04. The maximum atomic E-state index is 9.73. The molecule has 86 valence electrons. The van der Waals surface area contributed by atoms with Crippen LogP contribution in [0.3, 0.4) is 0 Å². The van der Waals surface area contributed by atoms with Crippen molar-refractivity contribution in [3.8, 4) is 5.75 Å². The first-order valence-electron chi connectivity index (χ1n) is 4.65. The van der Waals surface area contributed by atoms with Crippen LogP contribution in [0.25, 0.3) is 0 Å². The van der Waals surface area contributed by atoms with Gasteiger partial charge in [0.05, 0.1) is 7.11 Å². The molecule has 0 heterocycles. The number of hydrogen-bond donors (Lipinski definition) is 1. The summed E-state index contributed by atoms with van der Waals surface area (Å²) in [6, 6.07) is 7.56. The van der Waals surface area contributed by atoms with Gasteiger partial charge in [0.15, 0.2) is 12.2 Å². The first-order valence-corrected chi connectivity index (χ1v) is 4.65. The van der Waals surface area contributed by atoms with Gasteiger partial charge < -0.3 is 9.47 Å². The monoisotopic (exact) mass is 223 g/mol. The van der Waals surface area contributed by atoms with Crippen molar-refractivity contribution in [3.63, 3.8) is 0 Å². The van der Waals surface area contributed by atoms with Crippen LogP contribution in [0.2, 0.25) is 0 Å². The minimum atomic E-state index is -0.0363. The highest BCUT2D eigenvalue weighted by Gasteiger charge is 1.93. The standard InChI is InChI=1S/C11H13NO4/c1-14-11-4-2-10(3-5-11)8-12-16-9-15-7-6-13/h2-5,7,12H,8-9H2,1H3. The van der Waals surface area contributed by atoms with Gasteiger partial charge in [-0.05, 0) is 17.7 Å². The second-order valence-electron chi connectivity index (χ2n) is 2.83. The largest absolute Gasteiger partial charge is 0.497 e. The minimum absolute atomic E-state index is 0.0363. The summed E-state index contributed by atoms with van der Waals surface area (Å²) in [4.78, 5) is 14.6. The van der Waals surface area contributed by atoms with Crippen molar-refractivity contribution < 1.29 is 19.1 Å². The number of rotatable bonds is 7. The third-order valence-corrected chi connectivity index (χ3v) is 1.80. The van der Waals surface area contributed by atoms with Gasteiger partial charge in [0, 0.05) is 6.54 Å². The average Bonchev–Trinajstić information content (AvgIpc) is 2.34. The lowest BCUT2D eigenvalue weighted by Gasteiger charge is -2.05. The second kappa shape index (κ2) is 7.48. The molecule has 0 radical (unpaired) electrons. The summed E-state index contributed by atoms with van der Waals surface area (Å²) in [6.45, 7) is 0.504. The van der Waals surface area contributed by atoms with Crippen molar-refractivity contribution >= 4 is 5.94 Å². The van der Waals surface area contributed by atoms with E-state index in [9.17, 15) is 4.79 Å². The number of methoxy groups -OCH3 is 1. The van der Waals surface area contributed by atoms with Crippen molar-refractivity contribution in [3.05, 3.63) is 36.1 Å². The van der Waals surface area contributed by atoms with Gasteiger partial charge in [-0.15, -0.1) is 0 Å². The summed E-state index contributed by atoms with van der Waals surface area (Å²) in [7, 11) is 1.62. The van der Waals surface area contributed by atoms with Crippen LogP contribution in [0.5, 0.6) is 5.75 Å². The van der Waals surface area contributed by atoms with E-state index < -0.39 is 0 Å². The Morgan fingerprint density at radius 3 is 2.75 bits per heavy atom. The highest BCUT2D eigenvalue weighted by Crippen LogP contribution is 2.10. The molecule has 0 amide bonds. The third-order valence-electron chi connectivity index (χ3n) is 1.80. The molecule has 5 nitrogen and oxygen atoms in total. The van der Waals surface area contributed by atoms with Crippen LogP contribution >= 0.6 is 0 Å². The molecule has 16 heavy (non-hydrogen) atoms. The Hall–Kier alpha value is -1.81. The quantitative estimate of drug-likeness (QED) is 0.246. The van der Waals surface area contributed by atoms with Crippen molar-refractivity contribution in [1.82, 2.24) is 5.48 Å². The summed E-state index contributed by atoms with van der Waals surface area (Å²) < 4.78 is 9.63. The molecular formula is C11H13NO4. The van der Waals surface area contributed by atoms with Gasteiger partial charge in [0.2, 0.25) is 6.79 Å². The SMILES string of the molecule is COc1ccc(CNOCOC=C=O)cc1. The fraction of sp³-hybridized carbons (Fsp3) is 0.273. The van der Waals surface area contributed by atoms with Gasteiger partial charge in [0.25, 0.3) is 0 Å². The van der Waals surface area contributed by atoms with Crippen LogP contribution in [-0.2, 0) is 20.9 Å². The molecule has 0 fully saturated rings. The zero-order chi connectivity index (χ0) is 11.6. The Labute approximate surface area is 93.6 Å². The molecule has 0 aromatic heterocycles. The van der Waals surface area contributed by atoms with Gasteiger partial charge in [-0.1, -0.05) is 12.1 Å². The Bertz CT molecular complexity index is 344. The number of carbonyl (C=O) groups excluding carboxylic acids is 1. The number of hydrogen-bond acceptors (Lipinski definition) is 5. The lowest BCUT2D eigenvalue weighted by Crippen LogP contribution is -2.15. The number of nitrogens with one attached hydrogen (secondary N) is 1. The maximum Gasteiger partial charge on any atom is 0.207 e. The van der Waals surface area contributed by atoms with Crippen LogP contribution in [0, 0.1) is 0 Å². The molecule has 0 spiro atoms. The molecule has 0 saturated heterocycles. The molecule has 1 N–H and O–H groups in total. The van der Waals surface area contributed by atoms with Crippen LogP contribution in [0.1, 0.15) is 5.56 Å². The summed E-state index contributed by atoms with van der Waals surface area (Å²) in [5.74, 6) is 2.28. The van der Waals surface area contributed by atoms with Gasteiger partial charge in [0.1, 0.15) is 5.75 Å². The zero-order valence-electron chi connectivity index (χ0n) is 8.93. The Kier molecular flexibility index (Phi) is 5.73. The second-order valence-corrected chi connectivity index (χ2v) is 2.83. The molecule has 0 aliphatic heterocycles. The van der Waals surface area contributed by atoms with E-state index in [1.54, 1.807) is 7.11 Å². The molecule has 1 aromatic rings. The molecule has 1 rings (SSSR count). The highest BCUT2D eigenvalue weighted by atomic mass is 16.7. The Morgan fingerprint density at radius 1 is 1.38 bits per heavy atom. The lowest BCUT2D eigenvalue weighted by atomic mass is 10.2. The van der Waals surface area contributed by atoms with E-state index >= 15 is 0 Å². The molecular weight excluding hydrogens is 210 g/mol. The summed E-state index contributed by atoms with van der Waals surface area (Å²) in [6.07, 6.45) is 0.898. The van der Waals surface area contributed by atoms with E-state index in [-0.39, 0.29) is 6.79 Å². The van der Waals surface area contributed by atoms with Crippen LogP contribution in [0.4, 0.5) is 0 Å². The summed E-state index contributed by atoms with van der Waals surface area (Å²) >= 11 is 0. The molecule has 0 aliphatic rings. The van der Waals surface area contributed by atoms with Crippen molar-refractivity contribution in [2.45, 2.75) is 6.54 Å². The molecule has 5 heteroatoms. The summed E-state index contributed by atoms with van der Waals surface area (Å²) in [5.41, 5.74) is 3.73. The Balaban J connectivity index is 2.19. The lowest BCUT2D eigenvalue weighted by molar-refractivity contribution is -0.0695. The highest BCUT2D eigenvalue weighted by molar-refractivity contribution is 5.42. The number of benzene rings is 1. The zero-order valence-corrected chi connectivity index (χ0v) is 8.93. The average molecular weight is 223 g/mol. The van der Waals surface area contributed by atoms with Gasteiger partial charge in [-0.2, -0.15) is 5.48 Å². The first kappa shape index (κ1) is 12.3. The van der Waals surface area contributed by atoms with E-state index in [1.165, 1.54) is 5.94 Å². The third kappa shape index (κ3) is 4.61. The normalized spacial score (nSPS) is 9.31. The number of ether oxygens (including phenoxy) is 2. The molecule has 0 aliphatic carbocycles. The van der Waals surface area contributed by atoms with Gasteiger partial charge in [-0.3, -0.25) is 4.84 Å². The molecule has 0 unspecified atom stereocenters. The van der Waals surface area contributed by atoms with Crippen LogP contribution in [-0.4, -0.2) is 19.8 Å². The van der Waals surface area contributed by atoms with Crippen molar-refractivity contribution in [2.24, 2.45) is 0 Å². The molecule has 1 aromatic carbocycles. The summed E-state index contributed by atoms with van der Waals surface area (Å²) in [5, 5.41) is 0. The molecule has 0 bridgehead atoms. The van der Waals surface area contributed by atoms with Crippen molar-refractivity contribution in [1.29, 1.82) is 0 Å². The molecule has 0 atom stereocenters.